The van der Waals surface area contributed by atoms with Crippen LogP contribution >= 0.6 is 35.3 Å². The normalized spacial score (nSPS) is 18.8. The SMILES string of the molecule is Cl.O=C(NCCc1ccc(Cl)s1)C1CCCN1. The van der Waals surface area contributed by atoms with Gasteiger partial charge in [0.25, 0.3) is 0 Å². The summed E-state index contributed by atoms with van der Waals surface area (Å²) in [5.74, 6) is 0.125. The summed E-state index contributed by atoms with van der Waals surface area (Å²) < 4.78 is 0.804. The van der Waals surface area contributed by atoms with E-state index >= 15 is 0 Å². The molecule has 2 rings (SSSR count). The van der Waals surface area contributed by atoms with Crippen molar-refractivity contribution in [3.63, 3.8) is 0 Å². The summed E-state index contributed by atoms with van der Waals surface area (Å²) in [6.07, 6.45) is 2.91. The van der Waals surface area contributed by atoms with Crippen LogP contribution in [-0.2, 0) is 11.2 Å². The first-order valence-electron chi connectivity index (χ1n) is 5.51. The first kappa shape index (κ1) is 14.8. The number of carbonyl (C=O) groups is 1. The summed E-state index contributed by atoms with van der Waals surface area (Å²) in [6.45, 7) is 1.65. The lowest BCUT2D eigenvalue weighted by Gasteiger charge is -2.10. The molecule has 3 nitrogen and oxygen atoms in total. The second kappa shape index (κ2) is 7.21. The van der Waals surface area contributed by atoms with Gasteiger partial charge in [-0.25, -0.2) is 0 Å². The average molecular weight is 295 g/mol. The second-order valence-corrected chi connectivity index (χ2v) is 5.70. The van der Waals surface area contributed by atoms with Crippen LogP contribution < -0.4 is 10.6 Å². The lowest BCUT2D eigenvalue weighted by molar-refractivity contribution is -0.122. The molecule has 0 bridgehead atoms. The van der Waals surface area contributed by atoms with Gasteiger partial charge in [-0.05, 0) is 37.9 Å². The Morgan fingerprint density at radius 2 is 2.41 bits per heavy atom. The Morgan fingerprint density at radius 3 is 3.00 bits per heavy atom. The van der Waals surface area contributed by atoms with Gasteiger partial charge in [-0.3, -0.25) is 4.79 Å². The largest absolute Gasteiger partial charge is 0.354 e. The fourth-order valence-electron chi connectivity index (χ4n) is 1.83. The maximum absolute atomic E-state index is 11.6. The minimum Gasteiger partial charge on any atom is -0.354 e. The Bertz CT molecular complexity index is 364. The summed E-state index contributed by atoms with van der Waals surface area (Å²) in [4.78, 5) is 12.9. The van der Waals surface area contributed by atoms with Crippen molar-refractivity contribution in [3.05, 3.63) is 21.3 Å². The molecule has 1 aliphatic rings. The van der Waals surface area contributed by atoms with Crippen LogP contribution in [0.2, 0.25) is 4.34 Å². The van der Waals surface area contributed by atoms with Crippen LogP contribution in [0.4, 0.5) is 0 Å². The zero-order valence-electron chi connectivity index (χ0n) is 9.37. The van der Waals surface area contributed by atoms with E-state index in [0.29, 0.717) is 6.54 Å². The van der Waals surface area contributed by atoms with E-state index < -0.39 is 0 Å². The molecule has 1 saturated heterocycles. The quantitative estimate of drug-likeness (QED) is 0.894. The number of nitrogens with one attached hydrogen (secondary N) is 2. The molecule has 1 fully saturated rings. The zero-order chi connectivity index (χ0) is 11.4. The van der Waals surface area contributed by atoms with Crippen LogP contribution in [0.5, 0.6) is 0 Å². The monoisotopic (exact) mass is 294 g/mol. The minimum absolute atomic E-state index is 0. The molecule has 0 radical (unpaired) electrons. The first-order valence-corrected chi connectivity index (χ1v) is 6.70. The maximum Gasteiger partial charge on any atom is 0.237 e. The van der Waals surface area contributed by atoms with Gasteiger partial charge in [-0.15, -0.1) is 23.7 Å². The predicted octanol–water partition coefficient (Wildman–Crippen LogP) is 2.23. The highest BCUT2D eigenvalue weighted by Gasteiger charge is 2.21. The number of amides is 1. The Hall–Kier alpha value is -0.290. The fraction of sp³-hybridized carbons (Fsp3) is 0.545. The molecule has 1 amide bonds. The molecule has 6 heteroatoms. The highest BCUT2D eigenvalue weighted by atomic mass is 35.5. The smallest absolute Gasteiger partial charge is 0.237 e. The van der Waals surface area contributed by atoms with E-state index in [-0.39, 0.29) is 24.4 Å². The molecular weight excluding hydrogens is 279 g/mol. The van der Waals surface area contributed by atoms with Crippen molar-refractivity contribution in [2.24, 2.45) is 0 Å². The third-order valence-corrected chi connectivity index (χ3v) is 3.97. The fourth-order valence-corrected chi connectivity index (χ4v) is 2.91. The molecular formula is C11H16Cl2N2OS. The van der Waals surface area contributed by atoms with Gasteiger partial charge < -0.3 is 10.6 Å². The predicted molar refractivity (Wildman–Crippen MR) is 74.3 cm³/mol. The second-order valence-electron chi connectivity index (χ2n) is 3.90. The summed E-state index contributed by atoms with van der Waals surface area (Å²) in [5, 5.41) is 6.12. The van der Waals surface area contributed by atoms with E-state index in [2.05, 4.69) is 10.6 Å². The van der Waals surface area contributed by atoms with E-state index in [1.165, 1.54) is 4.88 Å². The summed E-state index contributed by atoms with van der Waals surface area (Å²) in [7, 11) is 0. The highest BCUT2D eigenvalue weighted by Crippen LogP contribution is 2.21. The van der Waals surface area contributed by atoms with Crippen molar-refractivity contribution in [3.8, 4) is 0 Å². The van der Waals surface area contributed by atoms with Gasteiger partial charge in [-0.2, -0.15) is 0 Å². The number of halogens is 2. The summed E-state index contributed by atoms with van der Waals surface area (Å²) >= 11 is 7.40. The number of hydrogen-bond acceptors (Lipinski definition) is 3. The number of thiophene rings is 1. The lowest BCUT2D eigenvalue weighted by Crippen LogP contribution is -2.41. The number of carbonyl (C=O) groups excluding carboxylic acids is 1. The van der Waals surface area contributed by atoms with Gasteiger partial charge >= 0.3 is 0 Å². The van der Waals surface area contributed by atoms with E-state index in [1.807, 2.05) is 12.1 Å². The number of hydrogen-bond donors (Lipinski definition) is 2. The molecule has 2 N–H and O–H groups in total. The van der Waals surface area contributed by atoms with Crippen LogP contribution in [0.15, 0.2) is 12.1 Å². The van der Waals surface area contributed by atoms with Crippen molar-refractivity contribution in [2.45, 2.75) is 25.3 Å². The van der Waals surface area contributed by atoms with Gasteiger partial charge in [0, 0.05) is 11.4 Å². The minimum atomic E-state index is 0. The molecule has 0 aliphatic carbocycles. The summed E-state index contributed by atoms with van der Waals surface area (Å²) in [5.41, 5.74) is 0. The van der Waals surface area contributed by atoms with Crippen molar-refractivity contribution >= 4 is 41.3 Å². The van der Waals surface area contributed by atoms with Crippen LogP contribution in [-0.4, -0.2) is 25.0 Å². The van der Waals surface area contributed by atoms with Crippen molar-refractivity contribution in [1.82, 2.24) is 10.6 Å². The Kier molecular flexibility index (Phi) is 6.27. The lowest BCUT2D eigenvalue weighted by atomic mass is 10.2. The topological polar surface area (TPSA) is 41.1 Å². The molecule has 1 atom stereocenters. The van der Waals surface area contributed by atoms with Crippen molar-refractivity contribution < 1.29 is 4.79 Å². The van der Waals surface area contributed by atoms with Gasteiger partial charge in [0.2, 0.25) is 5.91 Å². The zero-order valence-corrected chi connectivity index (χ0v) is 11.8. The van der Waals surface area contributed by atoms with Gasteiger partial charge in [-0.1, -0.05) is 11.6 Å². The van der Waals surface area contributed by atoms with Crippen molar-refractivity contribution in [1.29, 1.82) is 0 Å². The maximum atomic E-state index is 11.6. The number of rotatable bonds is 4. The summed E-state index contributed by atoms with van der Waals surface area (Å²) in [6, 6.07) is 3.92. The molecule has 0 saturated carbocycles. The van der Waals surface area contributed by atoms with Gasteiger partial charge in [0.1, 0.15) is 0 Å². The van der Waals surface area contributed by atoms with Crippen LogP contribution in [0, 0.1) is 0 Å². The molecule has 1 aliphatic heterocycles. The Labute approximate surface area is 116 Å². The molecule has 1 aromatic heterocycles. The van der Waals surface area contributed by atoms with Crippen LogP contribution in [0.25, 0.3) is 0 Å². The van der Waals surface area contributed by atoms with E-state index in [1.54, 1.807) is 11.3 Å². The molecule has 0 aromatic carbocycles. The Balaban J connectivity index is 0.00000144. The van der Waals surface area contributed by atoms with E-state index in [0.717, 1.165) is 30.1 Å². The molecule has 0 spiro atoms. The first-order chi connectivity index (χ1) is 7.75. The third kappa shape index (κ3) is 4.47. The van der Waals surface area contributed by atoms with Gasteiger partial charge in [0.15, 0.2) is 0 Å². The Morgan fingerprint density at radius 1 is 1.59 bits per heavy atom. The molecule has 17 heavy (non-hydrogen) atoms. The van der Waals surface area contributed by atoms with E-state index in [9.17, 15) is 4.79 Å². The van der Waals surface area contributed by atoms with Crippen LogP contribution in [0.3, 0.4) is 0 Å². The highest BCUT2D eigenvalue weighted by molar-refractivity contribution is 7.16. The molecule has 1 unspecified atom stereocenters. The molecule has 96 valence electrons. The van der Waals surface area contributed by atoms with E-state index in [4.69, 9.17) is 11.6 Å². The third-order valence-electron chi connectivity index (χ3n) is 2.68. The standard InChI is InChI=1S/C11H15ClN2OS.ClH/c12-10-4-3-8(16-10)5-7-14-11(15)9-2-1-6-13-9;/h3-4,9,13H,1-2,5-7H2,(H,14,15);1H. The molecule has 1 aromatic rings. The van der Waals surface area contributed by atoms with Crippen LogP contribution in [0.1, 0.15) is 17.7 Å². The van der Waals surface area contributed by atoms with Crippen molar-refractivity contribution in [2.75, 3.05) is 13.1 Å². The molecule has 2 heterocycles. The van der Waals surface area contributed by atoms with Gasteiger partial charge in [0.05, 0.1) is 10.4 Å². The average Bonchev–Trinajstić information content (AvgIpc) is 2.89.